The van der Waals surface area contributed by atoms with Crippen molar-refractivity contribution in [2.24, 2.45) is 0 Å². The molecule has 0 atom stereocenters. The largest absolute Gasteiger partial charge is 0.343 e. The third-order valence-electron chi connectivity index (χ3n) is 3.12. The van der Waals surface area contributed by atoms with Crippen LogP contribution in [-0.2, 0) is 6.54 Å². The molecule has 0 fully saturated rings. The molecular weight excluding hydrogens is 334 g/mol. The standard InChI is InChI=1S/C15H16BrN3O2/c1-3-19-9-11(16)8-13(19)15(21)18-17-14(20)12-7-5-4-6-10(12)2/h4-9H,3H2,1-2H3,(H,17,20)(H,18,21). The maximum absolute atomic E-state index is 12.1. The van der Waals surface area contributed by atoms with E-state index in [1.165, 1.54) is 0 Å². The van der Waals surface area contributed by atoms with E-state index < -0.39 is 0 Å². The molecule has 5 nitrogen and oxygen atoms in total. The molecule has 0 aliphatic rings. The van der Waals surface area contributed by atoms with E-state index in [0.717, 1.165) is 10.0 Å². The van der Waals surface area contributed by atoms with Crippen LogP contribution in [0.1, 0.15) is 33.3 Å². The lowest BCUT2D eigenvalue weighted by atomic mass is 10.1. The molecule has 2 amide bonds. The monoisotopic (exact) mass is 349 g/mol. The summed E-state index contributed by atoms with van der Waals surface area (Å²) >= 11 is 3.33. The molecule has 0 radical (unpaired) electrons. The zero-order valence-corrected chi connectivity index (χ0v) is 13.4. The number of aryl methyl sites for hydroxylation is 2. The topological polar surface area (TPSA) is 63.1 Å². The van der Waals surface area contributed by atoms with Crippen molar-refractivity contribution in [1.82, 2.24) is 15.4 Å². The van der Waals surface area contributed by atoms with Gasteiger partial charge in [-0.15, -0.1) is 0 Å². The molecule has 21 heavy (non-hydrogen) atoms. The summed E-state index contributed by atoms with van der Waals surface area (Å²) in [7, 11) is 0. The highest BCUT2D eigenvalue weighted by molar-refractivity contribution is 9.10. The second-order valence-corrected chi connectivity index (χ2v) is 5.47. The summed E-state index contributed by atoms with van der Waals surface area (Å²) in [5.74, 6) is -0.695. The number of nitrogens with zero attached hydrogens (tertiary/aromatic N) is 1. The van der Waals surface area contributed by atoms with Crippen molar-refractivity contribution < 1.29 is 9.59 Å². The number of hydrogen-bond donors (Lipinski definition) is 2. The first-order chi connectivity index (χ1) is 10.0. The van der Waals surface area contributed by atoms with Gasteiger partial charge in [0.25, 0.3) is 11.8 Å². The number of rotatable bonds is 3. The Morgan fingerprint density at radius 2 is 1.86 bits per heavy atom. The number of carbonyl (C=O) groups excluding carboxylic acids is 2. The van der Waals surface area contributed by atoms with Crippen molar-refractivity contribution in [3.63, 3.8) is 0 Å². The second kappa shape index (κ2) is 6.58. The summed E-state index contributed by atoms with van der Waals surface area (Å²) in [6.07, 6.45) is 1.82. The van der Waals surface area contributed by atoms with Crippen LogP contribution >= 0.6 is 15.9 Å². The number of amides is 2. The van der Waals surface area contributed by atoms with Crippen LogP contribution in [0.3, 0.4) is 0 Å². The van der Waals surface area contributed by atoms with Crippen LogP contribution in [0.15, 0.2) is 41.0 Å². The summed E-state index contributed by atoms with van der Waals surface area (Å²) in [6.45, 7) is 4.45. The van der Waals surface area contributed by atoms with Gasteiger partial charge in [0.05, 0.1) is 0 Å². The molecule has 0 saturated heterocycles. The number of aromatic nitrogens is 1. The van der Waals surface area contributed by atoms with Gasteiger partial charge in [-0.2, -0.15) is 0 Å². The second-order valence-electron chi connectivity index (χ2n) is 4.55. The molecule has 1 aromatic carbocycles. The molecule has 2 rings (SSSR count). The van der Waals surface area contributed by atoms with Gasteiger partial charge in [-0.05, 0) is 47.5 Å². The van der Waals surface area contributed by atoms with E-state index in [-0.39, 0.29) is 11.8 Å². The zero-order chi connectivity index (χ0) is 15.4. The number of hydrogen-bond acceptors (Lipinski definition) is 2. The van der Waals surface area contributed by atoms with Crippen LogP contribution in [0.2, 0.25) is 0 Å². The van der Waals surface area contributed by atoms with Crippen LogP contribution in [0.4, 0.5) is 0 Å². The predicted molar refractivity (Wildman–Crippen MR) is 83.9 cm³/mol. The zero-order valence-electron chi connectivity index (χ0n) is 11.8. The highest BCUT2D eigenvalue weighted by Gasteiger charge is 2.14. The Hall–Kier alpha value is -2.08. The summed E-state index contributed by atoms with van der Waals surface area (Å²) in [5.41, 5.74) is 6.73. The molecule has 0 spiro atoms. The number of carbonyl (C=O) groups is 2. The molecule has 0 saturated carbocycles. The van der Waals surface area contributed by atoms with Gasteiger partial charge in [-0.25, -0.2) is 0 Å². The molecule has 110 valence electrons. The van der Waals surface area contributed by atoms with E-state index in [9.17, 15) is 9.59 Å². The van der Waals surface area contributed by atoms with E-state index in [2.05, 4.69) is 26.8 Å². The Balaban J connectivity index is 2.04. The van der Waals surface area contributed by atoms with Gasteiger partial charge in [-0.1, -0.05) is 18.2 Å². The van der Waals surface area contributed by atoms with Gasteiger partial charge in [0.1, 0.15) is 5.69 Å². The molecule has 0 bridgehead atoms. The summed E-state index contributed by atoms with van der Waals surface area (Å²) in [5, 5.41) is 0. The summed E-state index contributed by atoms with van der Waals surface area (Å²) < 4.78 is 2.61. The Morgan fingerprint density at radius 1 is 1.19 bits per heavy atom. The first-order valence-corrected chi connectivity index (χ1v) is 7.34. The van der Waals surface area contributed by atoms with Crippen LogP contribution in [0.5, 0.6) is 0 Å². The highest BCUT2D eigenvalue weighted by Crippen LogP contribution is 2.14. The van der Waals surface area contributed by atoms with E-state index in [0.29, 0.717) is 17.8 Å². The fourth-order valence-corrected chi connectivity index (χ4v) is 2.46. The van der Waals surface area contributed by atoms with Crippen LogP contribution < -0.4 is 10.9 Å². The fraction of sp³-hybridized carbons (Fsp3) is 0.200. The average Bonchev–Trinajstić information content (AvgIpc) is 2.86. The molecule has 0 unspecified atom stereocenters. The normalized spacial score (nSPS) is 10.2. The van der Waals surface area contributed by atoms with Crippen LogP contribution in [0.25, 0.3) is 0 Å². The smallest absolute Gasteiger partial charge is 0.286 e. The van der Waals surface area contributed by atoms with Crippen molar-refractivity contribution in [2.75, 3.05) is 0 Å². The highest BCUT2D eigenvalue weighted by atomic mass is 79.9. The first kappa shape index (κ1) is 15.3. The third kappa shape index (κ3) is 3.52. The Labute approximate surface area is 131 Å². The SMILES string of the molecule is CCn1cc(Br)cc1C(=O)NNC(=O)c1ccccc1C. The van der Waals surface area contributed by atoms with Crippen LogP contribution in [0, 0.1) is 6.92 Å². The first-order valence-electron chi connectivity index (χ1n) is 6.55. The van der Waals surface area contributed by atoms with E-state index >= 15 is 0 Å². The van der Waals surface area contributed by atoms with Gasteiger partial charge in [-0.3, -0.25) is 20.4 Å². The van der Waals surface area contributed by atoms with Crippen LogP contribution in [-0.4, -0.2) is 16.4 Å². The maximum atomic E-state index is 12.1. The minimum atomic E-state index is -0.357. The Morgan fingerprint density at radius 3 is 2.52 bits per heavy atom. The molecule has 0 aliphatic carbocycles. The van der Waals surface area contributed by atoms with E-state index in [4.69, 9.17) is 0 Å². The molecule has 2 aromatic rings. The van der Waals surface area contributed by atoms with E-state index in [1.807, 2.05) is 32.2 Å². The van der Waals surface area contributed by atoms with Crippen molar-refractivity contribution in [3.05, 3.63) is 57.8 Å². The number of hydrazine groups is 1. The van der Waals surface area contributed by atoms with Gasteiger partial charge >= 0.3 is 0 Å². The van der Waals surface area contributed by atoms with Crippen molar-refractivity contribution in [3.8, 4) is 0 Å². The molecule has 0 aliphatic heterocycles. The number of nitrogens with one attached hydrogen (secondary N) is 2. The summed E-state index contributed by atoms with van der Waals surface area (Å²) in [4.78, 5) is 24.1. The Kier molecular flexibility index (Phi) is 4.80. The average molecular weight is 350 g/mol. The molecule has 1 heterocycles. The number of halogens is 1. The molecule has 1 aromatic heterocycles. The maximum Gasteiger partial charge on any atom is 0.286 e. The molecule has 6 heteroatoms. The summed E-state index contributed by atoms with van der Waals surface area (Å²) in [6, 6.07) is 8.90. The lowest BCUT2D eigenvalue weighted by Gasteiger charge is -2.10. The van der Waals surface area contributed by atoms with Gasteiger partial charge in [0.2, 0.25) is 0 Å². The minimum absolute atomic E-state index is 0.338. The van der Waals surface area contributed by atoms with Gasteiger partial charge in [0, 0.05) is 22.8 Å². The van der Waals surface area contributed by atoms with E-state index in [1.54, 1.807) is 22.8 Å². The quantitative estimate of drug-likeness (QED) is 0.836. The predicted octanol–water partition coefficient (Wildman–Crippen LogP) is 2.65. The lowest BCUT2D eigenvalue weighted by Crippen LogP contribution is -2.42. The van der Waals surface area contributed by atoms with Gasteiger partial charge in [0.15, 0.2) is 0 Å². The van der Waals surface area contributed by atoms with Crippen molar-refractivity contribution >= 4 is 27.7 Å². The lowest BCUT2D eigenvalue weighted by molar-refractivity contribution is 0.0841. The molecule has 2 N–H and O–H groups in total. The minimum Gasteiger partial charge on any atom is -0.343 e. The van der Waals surface area contributed by atoms with Crippen molar-refractivity contribution in [1.29, 1.82) is 0 Å². The number of benzene rings is 1. The Bertz CT molecular complexity index is 679. The van der Waals surface area contributed by atoms with Gasteiger partial charge < -0.3 is 4.57 Å². The fourth-order valence-electron chi connectivity index (χ4n) is 2.00. The van der Waals surface area contributed by atoms with Crippen molar-refractivity contribution in [2.45, 2.75) is 20.4 Å². The molecular formula is C15H16BrN3O2. The third-order valence-corrected chi connectivity index (χ3v) is 3.55.